The van der Waals surface area contributed by atoms with Crippen LogP contribution in [0.15, 0.2) is 146 Å². The van der Waals surface area contributed by atoms with Crippen LogP contribution in [0, 0.1) is 34.3 Å². The molecular formula is C104H146F2N8O20. The van der Waals surface area contributed by atoms with Crippen LogP contribution in [0.2, 0.25) is 0 Å². The number of benzene rings is 6. The number of carboxylic acid groups (broad SMARTS) is 6. The van der Waals surface area contributed by atoms with Gasteiger partial charge in [0.25, 0.3) is 0 Å². The molecule has 6 amide bonds. The van der Waals surface area contributed by atoms with Gasteiger partial charge in [-0.25, -0.2) is 8.78 Å². The Morgan fingerprint density at radius 2 is 0.418 bits per heavy atom. The number of hydrogen-bond acceptors (Lipinski definition) is 16. The number of nitrogens with zero attached hydrogens (tertiary/aromatic N) is 8. The molecule has 0 atom stereocenters. The first-order valence-electron chi connectivity index (χ1n) is 46.9. The predicted octanol–water partition coefficient (Wildman–Crippen LogP) is 22.4. The van der Waals surface area contributed by atoms with Crippen LogP contribution in [0.3, 0.4) is 0 Å². The molecule has 0 fully saturated rings. The molecule has 0 aliphatic heterocycles. The van der Waals surface area contributed by atoms with E-state index in [1.807, 2.05) is 54.6 Å². The van der Waals surface area contributed by atoms with Crippen LogP contribution in [0.25, 0.3) is 0 Å². The van der Waals surface area contributed by atoms with Crippen molar-refractivity contribution in [3.8, 4) is 23.6 Å². The monoisotopic (exact) mass is 1870 g/mol. The first-order chi connectivity index (χ1) is 64.2. The van der Waals surface area contributed by atoms with Crippen LogP contribution >= 0.6 is 0 Å². The van der Waals surface area contributed by atoms with Crippen molar-refractivity contribution in [2.75, 3.05) is 85.9 Å². The highest BCUT2D eigenvalue weighted by Crippen LogP contribution is 2.26. The summed E-state index contributed by atoms with van der Waals surface area (Å²) in [6.07, 6.45) is 35.1. The summed E-state index contributed by atoms with van der Waals surface area (Å²) >= 11 is 0. The van der Waals surface area contributed by atoms with Crippen molar-refractivity contribution in [2.24, 2.45) is 0 Å². The normalized spacial score (nSPS) is 10.3. The highest BCUT2D eigenvalue weighted by molar-refractivity contribution is 5.96. The Balaban J connectivity index is 0.000000804. The molecule has 736 valence electrons. The first-order valence-corrected chi connectivity index (χ1v) is 46.9. The van der Waals surface area contributed by atoms with Crippen molar-refractivity contribution in [2.45, 2.75) is 295 Å². The fourth-order valence-corrected chi connectivity index (χ4v) is 13.6. The van der Waals surface area contributed by atoms with Crippen molar-refractivity contribution in [1.82, 2.24) is 0 Å². The first kappa shape index (κ1) is 119. The number of hydrogen-bond donors (Lipinski definition) is 6. The van der Waals surface area contributed by atoms with Crippen LogP contribution < -0.4 is 38.9 Å². The Morgan fingerprint density at radius 1 is 0.246 bits per heavy atom. The predicted molar refractivity (Wildman–Crippen MR) is 520 cm³/mol. The Morgan fingerprint density at radius 3 is 0.604 bits per heavy atom. The van der Waals surface area contributed by atoms with Crippen LogP contribution in [0.5, 0.6) is 11.5 Å². The number of unbranched alkanes of at least 4 members (excludes halogenated alkanes) is 28. The minimum Gasteiger partial charge on any atom is -0.497 e. The summed E-state index contributed by atoms with van der Waals surface area (Å²) in [5.74, 6) is -3.33. The molecule has 0 saturated heterocycles. The fraction of sp³-hybridized carbons (Fsp3) is 0.519. The van der Waals surface area contributed by atoms with Crippen LogP contribution in [-0.4, -0.2) is 158 Å². The van der Waals surface area contributed by atoms with Gasteiger partial charge in [0.15, 0.2) is 0 Å². The molecule has 0 aromatic heterocycles. The van der Waals surface area contributed by atoms with Gasteiger partial charge >= 0.3 is 35.8 Å². The summed E-state index contributed by atoms with van der Waals surface area (Å²) in [6, 6.07) is 44.9. The molecule has 6 aromatic carbocycles. The summed E-state index contributed by atoms with van der Waals surface area (Å²) in [5.41, 5.74) is 5.45. The lowest BCUT2D eigenvalue weighted by atomic mass is 10.1. The summed E-state index contributed by atoms with van der Waals surface area (Å²) < 4.78 is 36.6. The van der Waals surface area contributed by atoms with Gasteiger partial charge in [-0.1, -0.05) is 153 Å². The molecule has 0 aliphatic rings. The summed E-state index contributed by atoms with van der Waals surface area (Å²) in [4.78, 5) is 144. The van der Waals surface area contributed by atoms with Gasteiger partial charge in [-0.15, -0.1) is 0 Å². The summed E-state index contributed by atoms with van der Waals surface area (Å²) in [6.45, 7) is 0. The number of methoxy groups -OCH3 is 2. The number of carbonyl (C=O) groups is 12. The fourth-order valence-electron chi connectivity index (χ4n) is 13.6. The molecular weight excluding hydrogens is 1720 g/mol. The lowest BCUT2D eigenvalue weighted by Gasteiger charge is -2.17. The van der Waals surface area contributed by atoms with E-state index in [1.54, 1.807) is 160 Å². The largest absolute Gasteiger partial charge is 0.497 e. The van der Waals surface area contributed by atoms with Gasteiger partial charge in [0.1, 0.15) is 23.1 Å². The molecule has 6 rings (SSSR count). The van der Waals surface area contributed by atoms with Gasteiger partial charge < -0.3 is 69.5 Å². The number of nitriles is 2. The van der Waals surface area contributed by atoms with E-state index >= 15 is 0 Å². The van der Waals surface area contributed by atoms with E-state index in [4.69, 9.17) is 50.6 Å². The second kappa shape index (κ2) is 74.9. The highest BCUT2D eigenvalue weighted by Gasteiger charge is 2.19. The zero-order chi connectivity index (χ0) is 99.6. The molecule has 28 nitrogen and oxygen atoms in total. The maximum Gasteiger partial charge on any atom is 0.303 e. The Hall–Kier alpha value is -12.6. The van der Waals surface area contributed by atoms with E-state index in [2.05, 4.69) is 6.07 Å². The molecule has 0 heterocycles. The third kappa shape index (κ3) is 59.0. The molecule has 0 saturated carbocycles. The minimum atomic E-state index is -0.751. The molecule has 0 unspecified atom stereocenters. The maximum absolute atomic E-state index is 13.6. The number of ether oxygens (including phenoxy) is 2. The zero-order valence-electron chi connectivity index (χ0n) is 80.1. The van der Waals surface area contributed by atoms with Crippen molar-refractivity contribution in [1.29, 1.82) is 10.5 Å². The molecule has 0 radical (unpaired) electrons. The van der Waals surface area contributed by atoms with E-state index in [-0.39, 0.29) is 79.8 Å². The molecule has 0 spiro atoms. The molecule has 0 bridgehead atoms. The minimum absolute atomic E-state index is 0.0254. The van der Waals surface area contributed by atoms with Crippen LogP contribution in [-0.2, 0) is 57.5 Å². The van der Waals surface area contributed by atoms with Gasteiger partial charge in [-0.3, -0.25) is 57.5 Å². The van der Waals surface area contributed by atoms with Gasteiger partial charge in [0.05, 0.1) is 43.2 Å². The van der Waals surface area contributed by atoms with E-state index in [0.717, 1.165) is 240 Å². The quantitative estimate of drug-likeness (QED) is 0.0193. The molecule has 6 aromatic rings. The van der Waals surface area contributed by atoms with Gasteiger partial charge in [-0.2, -0.15) is 10.5 Å². The second-order valence-corrected chi connectivity index (χ2v) is 32.7. The van der Waals surface area contributed by atoms with Gasteiger partial charge in [0.2, 0.25) is 35.4 Å². The number of halogens is 2. The SMILES string of the molecule is CN(C(=O)CCCCCCCC(=O)O)c1ccc(C#N)cc1.CN(C(=O)CCCCCCCCC(=O)O)c1ccc(C#N)cc1.CN(C(=O)CCCCCCCCC(=O)O)c1ccc(F)cc1.CN(C(=O)CCCCCCCCC(=O)O)c1ccccc1F.COc1ccc(N(C)C(=O)CCCCCCCC(=O)O)cc1.COc1ccc(N(C)C(=O)CCCCCCCCC(=O)O)cc1. The van der Waals surface area contributed by atoms with Crippen molar-refractivity contribution in [3.05, 3.63) is 168 Å². The zero-order valence-corrected chi connectivity index (χ0v) is 80.1. The highest BCUT2D eigenvalue weighted by atomic mass is 19.1. The average molecular weight is 1870 g/mol. The summed E-state index contributed by atoms with van der Waals surface area (Å²) in [7, 11) is 13.6. The third-order valence-corrected chi connectivity index (χ3v) is 22.0. The Labute approximate surface area is 791 Å². The second-order valence-electron chi connectivity index (χ2n) is 32.7. The molecule has 0 aliphatic carbocycles. The number of amides is 6. The number of rotatable bonds is 60. The maximum atomic E-state index is 13.6. The van der Waals surface area contributed by atoms with Crippen molar-refractivity contribution >= 4 is 105 Å². The third-order valence-electron chi connectivity index (χ3n) is 22.0. The standard InChI is InChI=1S/C18H24N2O3.C18H27NO4.2C17H24FNO3.C17H22N2O3.C17H25NO4/c1-20(16-12-10-15(14-19)11-13-16)17(21)8-6-4-2-3-5-7-9-18(22)23;1-19(15-11-13-16(23-2)14-12-15)17(20)9-7-5-3-4-6-8-10-18(21)22;1-19(15-11-9-8-10-14(15)18)16(20)12-6-4-2-3-5-7-13-17(21)22;1-19(15-12-10-14(18)11-13-15)16(20)8-6-4-2-3-5-7-9-17(21)22;1-19(15-11-9-14(13-18)10-12-15)16(20)7-5-3-2-4-6-8-17(21)22;1-18(14-10-12-15(22-2)13-11-14)16(19)8-6-4-3-5-7-9-17(20)21/h10-13H,2-9H2,1H3,(H,22,23);11-14H,3-10H2,1-2H3,(H,21,22);8-11H,2-7,12-13H2,1H3,(H,21,22);10-13H,2-9H2,1H3,(H,21,22);9-12H,2-8H2,1H3,(H,21,22);10-13H,3-9H2,1-2H3,(H,20,21). The Kier molecular flexibility index (Phi) is 66.7. The van der Waals surface area contributed by atoms with Crippen molar-refractivity contribution < 1.29 is 106 Å². The Bertz CT molecular complexity index is 4450. The van der Waals surface area contributed by atoms with E-state index in [9.17, 15) is 66.3 Å². The molecule has 134 heavy (non-hydrogen) atoms. The number of carbonyl (C=O) groups excluding carboxylic acids is 6. The molecule has 6 N–H and O–H groups in total. The van der Waals surface area contributed by atoms with Crippen molar-refractivity contribution in [3.63, 3.8) is 0 Å². The van der Waals surface area contributed by atoms with Crippen LogP contribution in [0.1, 0.15) is 306 Å². The van der Waals surface area contributed by atoms with E-state index in [1.165, 1.54) is 23.1 Å². The number of para-hydroxylation sites is 1. The number of anilines is 6. The lowest BCUT2D eigenvalue weighted by Crippen LogP contribution is -2.26. The van der Waals surface area contributed by atoms with Gasteiger partial charge in [0, 0.05) is 148 Å². The smallest absolute Gasteiger partial charge is 0.303 e. The average Bonchev–Trinajstić information content (AvgIpc) is 1.03. The van der Waals surface area contributed by atoms with Gasteiger partial charge in [-0.05, 0) is 211 Å². The topological polar surface area (TPSA) is 412 Å². The van der Waals surface area contributed by atoms with E-state index in [0.29, 0.717) is 73.9 Å². The van der Waals surface area contributed by atoms with E-state index < -0.39 is 41.6 Å². The summed E-state index contributed by atoms with van der Waals surface area (Å²) in [5, 5.41) is 68.7. The molecule has 30 heteroatoms. The number of aliphatic carboxylic acids is 6. The number of carboxylic acids is 6. The lowest BCUT2D eigenvalue weighted by molar-refractivity contribution is -0.138. The van der Waals surface area contributed by atoms with Crippen LogP contribution in [0.4, 0.5) is 42.9 Å².